The zero-order valence-electron chi connectivity index (χ0n) is 9.92. The van der Waals surface area contributed by atoms with Crippen LogP contribution in [0.15, 0.2) is 18.2 Å². The number of para-hydroxylation sites is 1. The van der Waals surface area contributed by atoms with Gasteiger partial charge in [0.2, 0.25) is 5.91 Å². The Morgan fingerprint density at radius 3 is 2.83 bits per heavy atom. The summed E-state index contributed by atoms with van der Waals surface area (Å²) in [5.41, 5.74) is 6.70. The Kier molecular flexibility index (Phi) is 3.20. The van der Waals surface area contributed by atoms with Gasteiger partial charge in [-0.1, -0.05) is 6.07 Å². The molecule has 1 fully saturated rings. The van der Waals surface area contributed by atoms with E-state index in [4.69, 9.17) is 5.73 Å². The maximum Gasteiger partial charge on any atom is 0.340 e. The predicted octanol–water partition coefficient (Wildman–Crippen LogP) is 0.153. The van der Waals surface area contributed by atoms with E-state index in [0.29, 0.717) is 5.69 Å². The summed E-state index contributed by atoms with van der Waals surface area (Å²) in [6.07, 6.45) is -0.624. The number of amides is 1. The number of ether oxygens (including phenoxy) is 1. The maximum atomic E-state index is 11.7. The molecule has 6 heteroatoms. The minimum atomic E-state index is -0.696. The van der Waals surface area contributed by atoms with Crippen molar-refractivity contribution in [2.75, 3.05) is 24.3 Å². The van der Waals surface area contributed by atoms with Crippen LogP contribution in [0.5, 0.6) is 0 Å². The molecule has 6 nitrogen and oxygen atoms in total. The number of carbonyl (C=O) groups is 2. The third-order valence-corrected chi connectivity index (χ3v) is 2.88. The number of esters is 1. The Labute approximate surface area is 104 Å². The third-order valence-electron chi connectivity index (χ3n) is 2.88. The molecule has 0 radical (unpaired) electrons. The summed E-state index contributed by atoms with van der Waals surface area (Å²) >= 11 is 0. The lowest BCUT2D eigenvalue weighted by molar-refractivity contribution is -0.117. The second-order valence-corrected chi connectivity index (χ2v) is 4.09. The van der Waals surface area contributed by atoms with Crippen LogP contribution in [0.4, 0.5) is 11.4 Å². The molecule has 1 heterocycles. The third kappa shape index (κ3) is 2.02. The minimum Gasteiger partial charge on any atom is -0.465 e. The first-order valence-corrected chi connectivity index (χ1v) is 5.50. The van der Waals surface area contributed by atoms with Gasteiger partial charge in [0.15, 0.2) is 0 Å². The summed E-state index contributed by atoms with van der Waals surface area (Å²) in [7, 11) is 1.26. The zero-order chi connectivity index (χ0) is 13.3. The molecule has 0 saturated carbocycles. The van der Waals surface area contributed by atoms with E-state index in [9.17, 15) is 14.7 Å². The van der Waals surface area contributed by atoms with Gasteiger partial charge in [-0.05, 0) is 12.1 Å². The Morgan fingerprint density at radius 2 is 2.28 bits per heavy atom. The number of rotatable bonds is 2. The number of aliphatic hydroxyl groups excluding tert-OH is 1. The summed E-state index contributed by atoms with van der Waals surface area (Å²) in [6, 6.07) is 4.79. The molecule has 0 spiro atoms. The van der Waals surface area contributed by atoms with Crippen LogP contribution in [0.25, 0.3) is 0 Å². The number of methoxy groups -OCH3 is 1. The number of nitrogen functional groups attached to an aromatic ring is 1. The second kappa shape index (κ2) is 4.66. The van der Waals surface area contributed by atoms with Gasteiger partial charge in [-0.15, -0.1) is 0 Å². The molecular formula is C12H14N2O4. The van der Waals surface area contributed by atoms with Crippen molar-refractivity contribution < 1.29 is 19.4 Å². The molecule has 1 amide bonds. The van der Waals surface area contributed by atoms with E-state index in [0.717, 1.165) is 0 Å². The molecule has 1 aliphatic rings. The van der Waals surface area contributed by atoms with Gasteiger partial charge in [0.05, 0.1) is 43.1 Å². The largest absolute Gasteiger partial charge is 0.465 e. The van der Waals surface area contributed by atoms with Crippen molar-refractivity contribution in [1.29, 1.82) is 0 Å². The molecule has 0 aromatic heterocycles. The lowest BCUT2D eigenvalue weighted by Crippen LogP contribution is -2.26. The number of hydrogen-bond acceptors (Lipinski definition) is 5. The number of nitrogens with zero attached hydrogens (tertiary/aromatic N) is 1. The fraction of sp³-hybridized carbons (Fsp3) is 0.333. The van der Waals surface area contributed by atoms with E-state index in [-0.39, 0.29) is 30.1 Å². The number of aliphatic hydroxyl groups is 1. The Morgan fingerprint density at radius 1 is 1.56 bits per heavy atom. The number of hydrogen-bond donors (Lipinski definition) is 2. The fourth-order valence-electron chi connectivity index (χ4n) is 2.00. The summed E-state index contributed by atoms with van der Waals surface area (Å²) in [5.74, 6) is -0.766. The van der Waals surface area contributed by atoms with Gasteiger partial charge in [0.25, 0.3) is 0 Å². The van der Waals surface area contributed by atoms with E-state index >= 15 is 0 Å². The van der Waals surface area contributed by atoms with Crippen molar-refractivity contribution in [1.82, 2.24) is 0 Å². The summed E-state index contributed by atoms with van der Waals surface area (Å²) in [4.78, 5) is 24.6. The zero-order valence-corrected chi connectivity index (χ0v) is 9.92. The normalized spacial score (nSPS) is 19.1. The number of benzene rings is 1. The van der Waals surface area contributed by atoms with Gasteiger partial charge < -0.3 is 20.5 Å². The van der Waals surface area contributed by atoms with Crippen molar-refractivity contribution in [3.63, 3.8) is 0 Å². The average molecular weight is 250 g/mol. The Hall–Kier alpha value is -2.08. The lowest BCUT2D eigenvalue weighted by Gasteiger charge is -2.19. The molecule has 96 valence electrons. The van der Waals surface area contributed by atoms with Gasteiger partial charge in [0.1, 0.15) is 0 Å². The molecule has 0 bridgehead atoms. The number of β-amino-alcohol motifs (C(OH)–C–C–N with tert-alkyl or cyclic N) is 1. The molecule has 18 heavy (non-hydrogen) atoms. The molecule has 1 unspecified atom stereocenters. The van der Waals surface area contributed by atoms with E-state index in [1.54, 1.807) is 12.1 Å². The SMILES string of the molecule is COC(=O)c1cccc(N2CC(O)CC2=O)c1N. The van der Waals surface area contributed by atoms with Gasteiger partial charge in [-0.2, -0.15) is 0 Å². The average Bonchev–Trinajstić information content (AvgIpc) is 2.68. The van der Waals surface area contributed by atoms with Crippen LogP contribution in [0.1, 0.15) is 16.8 Å². The van der Waals surface area contributed by atoms with E-state index in [2.05, 4.69) is 4.74 Å². The molecule has 1 saturated heterocycles. The standard InChI is InChI=1S/C12H14N2O4/c1-18-12(17)8-3-2-4-9(11(8)13)14-6-7(15)5-10(14)16/h2-4,7,15H,5-6,13H2,1H3. The highest BCUT2D eigenvalue weighted by Gasteiger charge is 2.31. The molecule has 2 rings (SSSR count). The highest BCUT2D eigenvalue weighted by Crippen LogP contribution is 2.30. The highest BCUT2D eigenvalue weighted by molar-refractivity contribution is 6.04. The summed E-state index contributed by atoms with van der Waals surface area (Å²) in [6.45, 7) is 0.188. The van der Waals surface area contributed by atoms with Crippen molar-refractivity contribution in [2.45, 2.75) is 12.5 Å². The van der Waals surface area contributed by atoms with Gasteiger partial charge in [-0.25, -0.2) is 4.79 Å². The van der Waals surface area contributed by atoms with Crippen LogP contribution in [-0.2, 0) is 9.53 Å². The van der Waals surface area contributed by atoms with Crippen molar-refractivity contribution >= 4 is 23.3 Å². The Bertz CT molecular complexity index is 501. The molecular weight excluding hydrogens is 236 g/mol. The molecule has 1 aromatic rings. The number of carbonyl (C=O) groups excluding carboxylic acids is 2. The smallest absolute Gasteiger partial charge is 0.340 e. The first-order valence-electron chi connectivity index (χ1n) is 5.50. The first-order chi connectivity index (χ1) is 8.54. The van der Waals surface area contributed by atoms with Crippen LogP contribution in [0, 0.1) is 0 Å². The predicted molar refractivity (Wildman–Crippen MR) is 65.2 cm³/mol. The van der Waals surface area contributed by atoms with Gasteiger partial charge in [-0.3, -0.25) is 4.79 Å². The molecule has 1 aromatic carbocycles. The van der Waals surface area contributed by atoms with Crippen LogP contribution in [0.2, 0.25) is 0 Å². The monoisotopic (exact) mass is 250 g/mol. The lowest BCUT2D eigenvalue weighted by atomic mass is 10.1. The first kappa shape index (κ1) is 12.4. The quantitative estimate of drug-likeness (QED) is 0.576. The molecule has 1 atom stereocenters. The topological polar surface area (TPSA) is 92.9 Å². The van der Waals surface area contributed by atoms with E-state index in [1.807, 2.05) is 0 Å². The number of anilines is 2. The summed E-state index contributed by atoms with van der Waals surface area (Å²) in [5, 5.41) is 9.45. The summed E-state index contributed by atoms with van der Waals surface area (Å²) < 4.78 is 4.61. The minimum absolute atomic E-state index is 0.0713. The van der Waals surface area contributed by atoms with Crippen LogP contribution in [0.3, 0.4) is 0 Å². The molecule has 3 N–H and O–H groups in total. The molecule has 0 aliphatic carbocycles. The Balaban J connectivity index is 2.40. The molecule has 1 aliphatic heterocycles. The fourth-order valence-corrected chi connectivity index (χ4v) is 2.00. The highest BCUT2D eigenvalue weighted by atomic mass is 16.5. The van der Waals surface area contributed by atoms with Gasteiger partial charge in [0, 0.05) is 0 Å². The maximum absolute atomic E-state index is 11.7. The van der Waals surface area contributed by atoms with Crippen LogP contribution >= 0.6 is 0 Å². The van der Waals surface area contributed by atoms with Crippen LogP contribution < -0.4 is 10.6 Å². The van der Waals surface area contributed by atoms with E-state index < -0.39 is 12.1 Å². The van der Waals surface area contributed by atoms with Crippen molar-refractivity contribution in [3.05, 3.63) is 23.8 Å². The van der Waals surface area contributed by atoms with Crippen molar-refractivity contribution in [3.8, 4) is 0 Å². The van der Waals surface area contributed by atoms with Crippen molar-refractivity contribution in [2.24, 2.45) is 0 Å². The number of nitrogens with two attached hydrogens (primary N) is 1. The second-order valence-electron chi connectivity index (χ2n) is 4.09. The van der Waals surface area contributed by atoms with Gasteiger partial charge >= 0.3 is 5.97 Å². The van der Waals surface area contributed by atoms with Crippen LogP contribution in [-0.4, -0.2) is 36.7 Å². The van der Waals surface area contributed by atoms with E-state index in [1.165, 1.54) is 18.1 Å².